The summed E-state index contributed by atoms with van der Waals surface area (Å²) in [6.07, 6.45) is 0. The molecule has 0 unspecified atom stereocenters. The van der Waals surface area contributed by atoms with Crippen LogP contribution < -0.4 is 0 Å². The Morgan fingerprint density at radius 1 is 1.47 bits per heavy atom. The van der Waals surface area contributed by atoms with E-state index in [0.717, 1.165) is 11.6 Å². The van der Waals surface area contributed by atoms with Crippen LogP contribution in [0.25, 0.3) is 11.3 Å². The number of carboxylic acids is 1. The van der Waals surface area contributed by atoms with Crippen LogP contribution in [-0.2, 0) is 0 Å². The number of aromatic nitrogens is 1. The zero-order valence-corrected chi connectivity index (χ0v) is 9.45. The van der Waals surface area contributed by atoms with E-state index in [9.17, 15) is 9.18 Å². The highest BCUT2D eigenvalue weighted by Crippen LogP contribution is 2.29. The van der Waals surface area contributed by atoms with Crippen molar-refractivity contribution in [3.63, 3.8) is 0 Å². The maximum absolute atomic E-state index is 13.7. The summed E-state index contributed by atoms with van der Waals surface area (Å²) < 4.78 is 18.5. The third-order valence-electron chi connectivity index (χ3n) is 2.17. The van der Waals surface area contributed by atoms with Gasteiger partial charge < -0.3 is 9.63 Å². The molecule has 0 radical (unpaired) electrons. The molecule has 1 aromatic heterocycles. The molecule has 0 saturated heterocycles. The van der Waals surface area contributed by atoms with Gasteiger partial charge in [-0.1, -0.05) is 16.8 Å². The summed E-state index contributed by atoms with van der Waals surface area (Å²) in [5.41, 5.74) is 0.548. The van der Waals surface area contributed by atoms with Gasteiger partial charge in [-0.15, -0.1) is 0 Å². The minimum Gasteiger partial charge on any atom is -0.476 e. The molecule has 1 N–H and O–H groups in total. The summed E-state index contributed by atoms with van der Waals surface area (Å²) in [5.74, 6) is -1.87. The highest BCUT2D eigenvalue weighted by atomic mass is 35.5. The van der Waals surface area contributed by atoms with Crippen molar-refractivity contribution in [2.45, 2.75) is 6.92 Å². The standard InChI is InChI=1S/C11H7ClFNO3/c1-5-2-6(10(13)7(12)3-5)9-4-8(11(15)16)14-17-9/h2-4H,1H3,(H,15,16). The quantitative estimate of drug-likeness (QED) is 0.895. The van der Waals surface area contributed by atoms with Crippen LogP contribution in [0.15, 0.2) is 22.7 Å². The maximum Gasteiger partial charge on any atom is 0.358 e. The summed E-state index contributed by atoms with van der Waals surface area (Å²) in [5, 5.41) is 11.9. The Bertz CT molecular complexity index is 594. The number of aromatic carboxylic acids is 1. The van der Waals surface area contributed by atoms with Gasteiger partial charge >= 0.3 is 5.97 Å². The molecule has 4 nitrogen and oxygen atoms in total. The molecule has 0 aliphatic heterocycles. The molecule has 0 saturated carbocycles. The van der Waals surface area contributed by atoms with Crippen molar-refractivity contribution in [3.8, 4) is 11.3 Å². The molecule has 1 heterocycles. The van der Waals surface area contributed by atoms with E-state index in [1.165, 1.54) is 12.1 Å². The molecule has 0 bridgehead atoms. The monoisotopic (exact) mass is 255 g/mol. The third-order valence-corrected chi connectivity index (χ3v) is 2.44. The van der Waals surface area contributed by atoms with Crippen molar-refractivity contribution in [2.24, 2.45) is 0 Å². The Morgan fingerprint density at radius 3 is 2.76 bits per heavy atom. The summed E-state index contributed by atoms with van der Waals surface area (Å²) in [6, 6.07) is 4.12. The van der Waals surface area contributed by atoms with Gasteiger partial charge in [0.25, 0.3) is 0 Å². The van der Waals surface area contributed by atoms with Crippen LogP contribution in [0.1, 0.15) is 16.1 Å². The average Bonchev–Trinajstić information content (AvgIpc) is 2.72. The predicted molar refractivity (Wildman–Crippen MR) is 58.6 cm³/mol. The normalized spacial score (nSPS) is 10.5. The van der Waals surface area contributed by atoms with E-state index in [1.54, 1.807) is 6.92 Å². The molecule has 0 fully saturated rings. The molecule has 0 amide bonds. The zero-order chi connectivity index (χ0) is 12.6. The van der Waals surface area contributed by atoms with Gasteiger partial charge in [0.1, 0.15) is 0 Å². The first-order chi connectivity index (χ1) is 7.99. The lowest BCUT2D eigenvalue weighted by Gasteiger charge is -2.02. The van der Waals surface area contributed by atoms with Crippen LogP contribution in [0.2, 0.25) is 5.02 Å². The first kappa shape index (κ1) is 11.6. The van der Waals surface area contributed by atoms with Gasteiger partial charge in [-0.2, -0.15) is 0 Å². The van der Waals surface area contributed by atoms with E-state index >= 15 is 0 Å². The van der Waals surface area contributed by atoms with Gasteiger partial charge in [-0.25, -0.2) is 9.18 Å². The third kappa shape index (κ3) is 2.14. The van der Waals surface area contributed by atoms with E-state index in [-0.39, 0.29) is 22.0 Å². The minimum atomic E-state index is -1.24. The first-order valence-corrected chi connectivity index (χ1v) is 5.03. The molecule has 0 aliphatic rings. The van der Waals surface area contributed by atoms with Crippen molar-refractivity contribution in [1.29, 1.82) is 0 Å². The fraction of sp³-hybridized carbons (Fsp3) is 0.0909. The Balaban J connectivity index is 2.56. The molecule has 0 atom stereocenters. The lowest BCUT2D eigenvalue weighted by Crippen LogP contribution is -1.94. The number of aryl methyl sites for hydroxylation is 1. The van der Waals surface area contributed by atoms with E-state index in [4.69, 9.17) is 21.2 Å². The second-order valence-corrected chi connectivity index (χ2v) is 3.90. The Hall–Kier alpha value is -1.88. The summed E-state index contributed by atoms with van der Waals surface area (Å²) in [7, 11) is 0. The van der Waals surface area contributed by atoms with Crippen molar-refractivity contribution < 1.29 is 18.8 Å². The van der Waals surface area contributed by atoms with Crippen LogP contribution in [0, 0.1) is 12.7 Å². The number of hydrogen-bond donors (Lipinski definition) is 1. The Morgan fingerprint density at radius 2 is 2.18 bits per heavy atom. The number of hydrogen-bond acceptors (Lipinski definition) is 3. The van der Waals surface area contributed by atoms with E-state index in [0.29, 0.717) is 0 Å². The summed E-state index contributed by atoms with van der Waals surface area (Å²) in [6.45, 7) is 1.74. The number of nitrogens with zero attached hydrogens (tertiary/aromatic N) is 1. The molecule has 17 heavy (non-hydrogen) atoms. The molecule has 1 aromatic carbocycles. The van der Waals surface area contributed by atoms with Crippen molar-refractivity contribution >= 4 is 17.6 Å². The average molecular weight is 256 g/mol. The molecule has 6 heteroatoms. The van der Waals surface area contributed by atoms with Crippen LogP contribution in [0.5, 0.6) is 0 Å². The number of rotatable bonds is 2. The summed E-state index contributed by atoms with van der Waals surface area (Å²) in [4.78, 5) is 10.6. The van der Waals surface area contributed by atoms with Crippen molar-refractivity contribution in [2.75, 3.05) is 0 Å². The molecular weight excluding hydrogens is 249 g/mol. The molecule has 0 aliphatic carbocycles. The molecule has 0 spiro atoms. The second-order valence-electron chi connectivity index (χ2n) is 3.49. The van der Waals surface area contributed by atoms with E-state index in [2.05, 4.69) is 5.16 Å². The van der Waals surface area contributed by atoms with Gasteiger partial charge in [-0.3, -0.25) is 0 Å². The number of carboxylic acid groups (broad SMARTS) is 1. The molecule has 2 rings (SSSR count). The fourth-order valence-corrected chi connectivity index (χ4v) is 1.68. The van der Waals surface area contributed by atoms with Crippen LogP contribution in [-0.4, -0.2) is 16.2 Å². The fourth-order valence-electron chi connectivity index (χ4n) is 1.41. The highest BCUT2D eigenvalue weighted by Gasteiger charge is 2.17. The van der Waals surface area contributed by atoms with Gasteiger partial charge in [0, 0.05) is 6.07 Å². The van der Waals surface area contributed by atoms with Crippen LogP contribution in [0.4, 0.5) is 4.39 Å². The van der Waals surface area contributed by atoms with Gasteiger partial charge in [0.05, 0.1) is 10.6 Å². The van der Waals surface area contributed by atoms with Crippen molar-refractivity contribution in [1.82, 2.24) is 5.16 Å². The van der Waals surface area contributed by atoms with Crippen LogP contribution in [0.3, 0.4) is 0 Å². The Labute approximate surface area is 101 Å². The SMILES string of the molecule is Cc1cc(Cl)c(F)c(-c2cc(C(=O)O)no2)c1. The lowest BCUT2D eigenvalue weighted by atomic mass is 10.1. The zero-order valence-electron chi connectivity index (χ0n) is 8.70. The predicted octanol–water partition coefficient (Wildman–Crippen LogP) is 3.14. The summed E-state index contributed by atoms with van der Waals surface area (Å²) >= 11 is 5.68. The van der Waals surface area contributed by atoms with Crippen LogP contribution >= 0.6 is 11.6 Å². The van der Waals surface area contributed by atoms with Gasteiger partial charge in [-0.05, 0) is 24.6 Å². The first-order valence-electron chi connectivity index (χ1n) is 4.65. The largest absolute Gasteiger partial charge is 0.476 e. The molecule has 2 aromatic rings. The van der Waals surface area contributed by atoms with E-state index < -0.39 is 11.8 Å². The minimum absolute atomic E-state index is 0.0329. The smallest absolute Gasteiger partial charge is 0.358 e. The van der Waals surface area contributed by atoms with E-state index in [1.807, 2.05) is 0 Å². The topological polar surface area (TPSA) is 63.3 Å². The number of carbonyl (C=O) groups is 1. The molecule has 88 valence electrons. The number of halogens is 2. The highest BCUT2D eigenvalue weighted by molar-refractivity contribution is 6.31. The lowest BCUT2D eigenvalue weighted by molar-refractivity contribution is 0.0686. The van der Waals surface area contributed by atoms with Gasteiger partial charge in [0.15, 0.2) is 17.3 Å². The second kappa shape index (κ2) is 4.18. The van der Waals surface area contributed by atoms with Crippen molar-refractivity contribution in [3.05, 3.63) is 40.3 Å². The Kier molecular flexibility index (Phi) is 2.85. The maximum atomic E-state index is 13.7. The van der Waals surface area contributed by atoms with Gasteiger partial charge in [0.2, 0.25) is 0 Å². The number of benzene rings is 1. The molecular formula is C11H7ClFNO3.